The van der Waals surface area contributed by atoms with Crippen molar-refractivity contribution in [2.24, 2.45) is 5.41 Å². The van der Waals surface area contributed by atoms with Gasteiger partial charge in [-0.15, -0.1) is 0 Å². The summed E-state index contributed by atoms with van der Waals surface area (Å²) in [5, 5.41) is 10.3. The predicted octanol–water partition coefficient (Wildman–Crippen LogP) is 18.5. The van der Waals surface area contributed by atoms with E-state index in [4.69, 9.17) is 0 Å². The van der Waals surface area contributed by atoms with Gasteiger partial charge in [-0.3, -0.25) is 0 Å². The van der Waals surface area contributed by atoms with Crippen molar-refractivity contribution in [2.45, 2.75) is 71.4 Å². The predicted molar refractivity (Wildman–Crippen MR) is 318 cm³/mol. The third-order valence-electron chi connectivity index (χ3n) is 18.1. The number of unbranched alkanes of at least 4 members (excludes halogenated alkanes) is 1. The third-order valence-corrected chi connectivity index (χ3v) is 18.1. The summed E-state index contributed by atoms with van der Waals surface area (Å²) in [5.41, 5.74) is 19.1. The summed E-state index contributed by atoms with van der Waals surface area (Å²) in [6, 6.07) is 84.7. The number of aryl methyl sites for hydroxylation is 2. The van der Waals surface area contributed by atoms with Crippen LogP contribution in [-0.2, 0) is 18.5 Å². The maximum Gasteiger partial charge on any atom is 0.239 e. The quantitative estimate of drug-likeness (QED) is 0.114. The van der Waals surface area contributed by atoms with Crippen LogP contribution in [0.3, 0.4) is 0 Å². The molecule has 3 atom stereocenters. The van der Waals surface area contributed by atoms with E-state index >= 15 is 0 Å². The standard InChI is InChI=1S/C74H62N2/c1-5-7-20-50-26-19-36-66-64(50)40-42-76-71(66)67-32-14-15-33-68(67)72-73(4,6-2)74(72,76)48-75-41-39-53-23-10-13-31-65(53)70(75)69-47-56(38-37-49(69)3)54-27-16-28-55(43-54)57-44-58(62-34-17-24-51-21-8-11-29-60(51)62)46-59(45-57)63-35-18-25-52-22-9-12-30-61(52)63/h8-19,21-47,72H,5-7,20,48H2,1-4H3/q+2. The molecule has 0 radical (unpaired) electrons. The van der Waals surface area contributed by atoms with E-state index in [0.717, 1.165) is 19.4 Å². The molecule has 3 unspecified atom stereocenters. The molecular formula is C74H62N2+2. The van der Waals surface area contributed by atoms with E-state index in [2.05, 4.69) is 274 Å². The van der Waals surface area contributed by atoms with Crippen LogP contribution in [0.15, 0.2) is 237 Å². The normalized spacial score (nSPS) is 17.4. The first-order chi connectivity index (χ1) is 37.4. The van der Waals surface area contributed by atoms with Gasteiger partial charge >= 0.3 is 0 Å². The van der Waals surface area contributed by atoms with Crippen molar-refractivity contribution in [3.63, 3.8) is 0 Å². The van der Waals surface area contributed by atoms with Crippen LogP contribution in [-0.4, -0.2) is 0 Å². The summed E-state index contributed by atoms with van der Waals surface area (Å²) in [4.78, 5) is 0. The minimum absolute atomic E-state index is 0.0259. The molecule has 0 bridgehead atoms. The van der Waals surface area contributed by atoms with Gasteiger partial charge in [0.1, 0.15) is 0 Å². The minimum atomic E-state index is -0.188. The van der Waals surface area contributed by atoms with Gasteiger partial charge in [0, 0.05) is 12.1 Å². The maximum atomic E-state index is 2.75. The van der Waals surface area contributed by atoms with E-state index in [0.29, 0.717) is 5.92 Å². The van der Waals surface area contributed by atoms with E-state index in [1.807, 2.05) is 0 Å². The van der Waals surface area contributed by atoms with Crippen LogP contribution < -0.4 is 9.13 Å². The lowest BCUT2D eigenvalue weighted by Gasteiger charge is -2.24. The molecule has 366 valence electrons. The Hall–Kier alpha value is -8.46. The molecule has 2 nitrogen and oxygen atoms in total. The Kier molecular flexibility index (Phi) is 11.0. The lowest BCUT2D eigenvalue weighted by Crippen LogP contribution is -2.60. The smallest absolute Gasteiger partial charge is 0.190 e. The Balaban J connectivity index is 0.917. The molecule has 14 rings (SSSR count). The summed E-state index contributed by atoms with van der Waals surface area (Å²) in [5.74, 6) is 0.363. The summed E-state index contributed by atoms with van der Waals surface area (Å²) in [6.45, 7) is 10.4. The first-order valence-corrected chi connectivity index (χ1v) is 27.7. The molecule has 0 saturated heterocycles. The van der Waals surface area contributed by atoms with Crippen LogP contribution in [0, 0.1) is 12.3 Å². The van der Waals surface area contributed by atoms with E-state index in [1.54, 1.807) is 0 Å². The molecule has 1 fully saturated rings. The number of pyridine rings is 2. The van der Waals surface area contributed by atoms with Crippen molar-refractivity contribution < 1.29 is 9.13 Å². The molecular weight excluding hydrogens is 917 g/mol. The van der Waals surface area contributed by atoms with E-state index in [9.17, 15) is 0 Å². The zero-order valence-electron chi connectivity index (χ0n) is 44.0. The number of hydrogen-bond acceptors (Lipinski definition) is 0. The number of fused-ring (bicyclic) bond motifs is 11. The van der Waals surface area contributed by atoms with E-state index < -0.39 is 0 Å². The SMILES string of the molecule is CCCCc1cccc2c3[n+](ccc12)C1(C[n+]2ccc4ccccc4c2-c2cc(-c4cccc(-c5cc(-c6cccc7ccccc67)cc(-c6cccc7ccccc67)c5)c4)ccc2C)C(c2ccccc2-3)C1(C)CC. The second kappa shape index (κ2) is 18.1. The summed E-state index contributed by atoms with van der Waals surface area (Å²) in [6.07, 6.45) is 9.43. The highest BCUT2D eigenvalue weighted by Crippen LogP contribution is 2.74. The van der Waals surface area contributed by atoms with Gasteiger partial charge in [0.25, 0.3) is 0 Å². The number of hydrogen-bond donors (Lipinski definition) is 0. The van der Waals surface area contributed by atoms with Crippen molar-refractivity contribution in [3.8, 4) is 67.0 Å². The summed E-state index contributed by atoms with van der Waals surface area (Å²) in [7, 11) is 0. The topological polar surface area (TPSA) is 7.76 Å². The second-order valence-electron chi connectivity index (χ2n) is 22.1. The Morgan fingerprint density at radius 1 is 0.421 bits per heavy atom. The Morgan fingerprint density at radius 3 is 1.68 bits per heavy atom. The van der Waals surface area contributed by atoms with Gasteiger partial charge in [-0.2, -0.15) is 9.13 Å². The molecule has 1 saturated carbocycles. The van der Waals surface area contributed by atoms with Gasteiger partial charge in [0.15, 0.2) is 12.4 Å². The number of rotatable bonds is 11. The second-order valence-corrected chi connectivity index (χ2v) is 22.1. The van der Waals surface area contributed by atoms with Crippen molar-refractivity contribution in [2.75, 3.05) is 0 Å². The van der Waals surface area contributed by atoms with E-state index in [1.165, 1.54) is 140 Å². The fourth-order valence-corrected chi connectivity index (χ4v) is 14.1. The number of aromatic nitrogens is 2. The van der Waals surface area contributed by atoms with Crippen molar-refractivity contribution >= 4 is 43.1 Å². The largest absolute Gasteiger partial charge is 0.239 e. The zero-order valence-corrected chi connectivity index (χ0v) is 44.0. The molecule has 2 heteroatoms. The summed E-state index contributed by atoms with van der Waals surface area (Å²) < 4.78 is 5.39. The molecule has 3 heterocycles. The molecule has 2 aliphatic rings. The van der Waals surface area contributed by atoms with Crippen LogP contribution in [0.25, 0.3) is 110 Å². The lowest BCUT2D eigenvalue weighted by atomic mass is 9.88. The van der Waals surface area contributed by atoms with Crippen molar-refractivity contribution in [1.29, 1.82) is 0 Å². The van der Waals surface area contributed by atoms with Crippen LogP contribution in [0.4, 0.5) is 0 Å². The van der Waals surface area contributed by atoms with Crippen LogP contribution in [0.1, 0.15) is 62.6 Å². The third kappa shape index (κ3) is 7.14. The van der Waals surface area contributed by atoms with E-state index in [-0.39, 0.29) is 11.0 Å². The van der Waals surface area contributed by atoms with Crippen LogP contribution >= 0.6 is 0 Å². The first-order valence-electron chi connectivity index (χ1n) is 27.7. The van der Waals surface area contributed by atoms with Gasteiger partial charge in [-0.1, -0.05) is 191 Å². The molecule has 10 aromatic carbocycles. The highest BCUT2D eigenvalue weighted by molar-refractivity contribution is 6.02. The molecule has 1 aliphatic carbocycles. The highest BCUT2D eigenvalue weighted by atomic mass is 15.2. The van der Waals surface area contributed by atoms with Crippen molar-refractivity contribution in [1.82, 2.24) is 0 Å². The van der Waals surface area contributed by atoms with Gasteiger partial charge in [0.05, 0.1) is 33.2 Å². The average molecular weight is 979 g/mol. The van der Waals surface area contributed by atoms with Gasteiger partial charge in [-0.05, 0) is 168 Å². The van der Waals surface area contributed by atoms with Crippen LogP contribution in [0.5, 0.6) is 0 Å². The fraction of sp³-hybridized carbons (Fsp3) is 0.162. The lowest BCUT2D eigenvalue weighted by molar-refractivity contribution is -0.808. The summed E-state index contributed by atoms with van der Waals surface area (Å²) >= 11 is 0. The van der Waals surface area contributed by atoms with Gasteiger partial charge < -0.3 is 0 Å². The van der Waals surface area contributed by atoms with Crippen molar-refractivity contribution in [3.05, 3.63) is 254 Å². The molecule has 0 amide bonds. The fourth-order valence-electron chi connectivity index (χ4n) is 14.1. The molecule has 2 aromatic heterocycles. The van der Waals surface area contributed by atoms with Crippen LogP contribution in [0.2, 0.25) is 0 Å². The Morgan fingerprint density at radius 2 is 0.974 bits per heavy atom. The number of nitrogens with zero attached hydrogens (tertiary/aromatic N) is 2. The Labute approximate surface area is 447 Å². The minimum Gasteiger partial charge on any atom is -0.190 e. The maximum absolute atomic E-state index is 2.75. The van der Waals surface area contributed by atoms with Gasteiger partial charge in [-0.25, -0.2) is 0 Å². The average Bonchev–Trinajstić information content (AvgIpc) is 3.37. The molecule has 1 aliphatic heterocycles. The highest BCUT2D eigenvalue weighted by Gasteiger charge is 2.85. The Bertz CT molecular complexity index is 4190. The number of benzene rings is 10. The zero-order chi connectivity index (χ0) is 51.1. The van der Waals surface area contributed by atoms with Gasteiger partial charge in [0.2, 0.25) is 23.5 Å². The first kappa shape index (κ1) is 46.1. The molecule has 76 heavy (non-hydrogen) atoms. The molecule has 12 aromatic rings. The molecule has 0 spiro atoms. The molecule has 0 N–H and O–H groups in total. The monoisotopic (exact) mass is 978 g/mol.